The van der Waals surface area contributed by atoms with Crippen molar-refractivity contribution in [1.29, 1.82) is 0 Å². The van der Waals surface area contributed by atoms with E-state index in [2.05, 4.69) is 33.9 Å². The van der Waals surface area contributed by atoms with Gasteiger partial charge in [-0.3, -0.25) is 0 Å². The van der Waals surface area contributed by atoms with Crippen molar-refractivity contribution < 1.29 is 28.6 Å². The second-order valence-corrected chi connectivity index (χ2v) is 21.3. The topological polar surface area (TPSA) is 88.5 Å². The summed E-state index contributed by atoms with van der Waals surface area (Å²) in [5, 5.41) is 11.5. The van der Waals surface area contributed by atoms with Gasteiger partial charge in [-0.25, -0.2) is 0 Å². The fourth-order valence-electron chi connectivity index (χ4n) is 4.59. The summed E-state index contributed by atoms with van der Waals surface area (Å²) < 4.78 is 20.1. The standard InChI is InChI=1S/C30H48N2O6SeSi/c1-28(2,3)36-26(34)31-18-20(38-40(10,11)30(7,8)9)17-23(31)22-19-32(27(35)37-29(4,5)6)25(33)24(22)39-21-15-13-12-14-16-21/h12-16,20,22-23,33H,17-19H2,1-11H3/t20-,22+,23+/m1/s1. The van der Waals surface area contributed by atoms with Crippen molar-refractivity contribution in [3.05, 3.63) is 40.7 Å². The van der Waals surface area contributed by atoms with Gasteiger partial charge in [0.05, 0.1) is 0 Å². The first-order valence-electron chi connectivity index (χ1n) is 14.0. The van der Waals surface area contributed by atoms with Crippen molar-refractivity contribution in [1.82, 2.24) is 9.80 Å². The van der Waals surface area contributed by atoms with Crippen LogP contribution in [0, 0.1) is 5.92 Å². The van der Waals surface area contributed by atoms with Crippen LogP contribution in [-0.4, -0.2) is 86.8 Å². The molecule has 0 unspecified atom stereocenters. The number of carbonyl (C=O) groups is 2. The summed E-state index contributed by atoms with van der Waals surface area (Å²) in [6.45, 7) is 22.6. The number of benzene rings is 1. The van der Waals surface area contributed by atoms with Gasteiger partial charge in [-0.2, -0.15) is 0 Å². The van der Waals surface area contributed by atoms with Gasteiger partial charge in [0.1, 0.15) is 0 Å². The molecule has 1 aromatic rings. The molecule has 1 N–H and O–H groups in total. The van der Waals surface area contributed by atoms with Crippen LogP contribution in [-0.2, 0) is 13.9 Å². The Hall–Kier alpha value is -2.00. The first-order valence-corrected chi connectivity index (χ1v) is 18.6. The van der Waals surface area contributed by atoms with Crippen molar-refractivity contribution in [3.63, 3.8) is 0 Å². The monoisotopic (exact) mass is 640 g/mol. The van der Waals surface area contributed by atoms with Crippen LogP contribution >= 0.6 is 0 Å². The molecule has 3 rings (SSSR count). The van der Waals surface area contributed by atoms with Gasteiger partial charge < -0.3 is 0 Å². The molecule has 3 atom stereocenters. The molecule has 0 aliphatic carbocycles. The van der Waals surface area contributed by atoms with E-state index < -0.39 is 31.7 Å². The molecule has 0 saturated carbocycles. The number of aliphatic hydroxyl groups is 1. The maximum absolute atomic E-state index is 13.6. The molecule has 1 aromatic carbocycles. The number of carbonyl (C=O) groups excluding carboxylic acids is 2. The zero-order valence-corrected chi connectivity index (χ0v) is 28.7. The van der Waals surface area contributed by atoms with E-state index in [4.69, 9.17) is 13.9 Å². The van der Waals surface area contributed by atoms with Crippen LogP contribution in [0.2, 0.25) is 18.1 Å². The van der Waals surface area contributed by atoms with Gasteiger partial charge in [0, 0.05) is 0 Å². The molecule has 2 heterocycles. The van der Waals surface area contributed by atoms with Gasteiger partial charge in [-0.15, -0.1) is 0 Å². The molecule has 2 amide bonds. The Labute approximate surface area is 247 Å². The van der Waals surface area contributed by atoms with Crippen LogP contribution < -0.4 is 4.46 Å². The van der Waals surface area contributed by atoms with E-state index in [1.807, 2.05) is 51.1 Å². The SMILES string of the molecule is CC(C)(C)OC(=O)N1C[C@@H]([C@@H]2C[C@@H](O[Si](C)(C)C(C)(C)C)CN2C(=O)OC(C)(C)C)C([Se]c2ccccc2)=C1O. The molecule has 8 nitrogen and oxygen atoms in total. The Morgan fingerprint density at radius 3 is 1.98 bits per heavy atom. The van der Waals surface area contributed by atoms with E-state index in [0.717, 1.165) is 8.93 Å². The number of aliphatic hydroxyl groups excluding tert-OH is 1. The second kappa shape index (κ2) is 11.7. The summed E-state index contributed by atoms with van der Waals surface area (Å²) in [4.78, 5) is 29.8. The van der Waals surface area contributed by atoms with Gasteiger partial charge in [-0.05, 0) is 0 Å². The van der Waals surface area contributed by atoms with Crippen molar-refractivity contribution in [2.24, 2.45) is 5.92 Å². The minimum atomic E-state index is -2.12. The number of hydrogen-bond acceptors (Lipinski definition) is 6. The van der Waals surface area contributed by atoms with Gasteiger partial charge in [-0.1, -0.05) is 0 Å². The van der Waals surface area contributed by atoms with E-state index in [0.29, 0.717) is 13.0 Å². The summed E-state index contributed by atoms with van der Waals surface area (Å²) in [6.07, 6.45) is -0.563. The molecule has 0 bridgehead atoms. The molecule has 224 valence electrons. The van der Waals surface area contributed by atoms with E-state index in [-0.39, 0.29) is 50.5 Å². The van der Waals surface area contributed by atoms with Gasteiger partial charge >= 0.3 is 248 Å². The molecule has 40 heavy (non-hydrogen) atoms. The van der Waals surface area contributed by atoms with Crippen molar-refractivity contribution >= 4 is 39.9 Å². The zero-order valence-electron chi connectivity index (χ0n) is 26.0. The number of hydrogen-bond donors (Lipinski definition) is 1. The average Bonchev–Trinajstić information content (AvgIpc) is 3.32. The Bertz CT molecular complexity index is 1100. The molecule has 10 heteroatoms. The normalized spacial score (nSPS) is 22.6. The fourth-order valence-corrected chi connectivity index (χ4v) is 8.32. The predicted molar refractivity (Wildman–Crippen MR) is 161 cm³/mol. The van der Waals surface area contributed by atoms with Crippen molar-refractivity contribution in [3.8, 4) is 0 Å². The van der Waals surface area contributed by atoms with Gasteiger partial charge in [0.15, 0.2) is 0 Å². The third-order valence-electron chi connectivity index (χ3n) is 7.44. The van der Waals surface area contributed by atoms with Crippen LogP contribution in [0.25, 0.3) is 0 Å². The molecule has 1 fully saturated rings. The van der Waals surface area contributed by atoms with Crippen LogP contribution in [0.4, 0.5) is 9.59 Å². The summed E-state index contributed by atoms with van der Waals surface area (Å²) >= 11 is -0.273. The van der Waals surface area contributed by atoms with Gasteiger partial charge in [0.25, 0.3) is 0 Å². The predicted octanol–water partition coefficient (Wildman–Crippen LogP) is 6.01. The summed E-state index contributed by atoms with van der Waals surface area (Å²) in [6, 6.07) is 9.64. The number of amides is 2. The molecular formula is C30H48N2O6SeSi. The molecule has 2 aliphatic heterocycles. The minimum absolute atomic E-state index is 0.0163. The van der Waals surface area contributed by atoms with Gasteiger partial charge in [0.2, 0.25) is 0 Å². The first-order chi connectivity index (χ1) is 18.2. The van der Waals surface area contributed by atoms with Crippen molar-refractivity contribution in [2.45, 2.75) is 110 Å². The maximum atomic E-state index is 13.6. The van der Waals surface area contributed by atoms with Crippen LogP contribution in [0.15, 0.2) is 40.7 Å². The molecular weight excluding hydrogens is 591 g/mol. The number of rotatable bonds is 5. The summed E-state index contributed by atoms with van der Waals surface area (Å²) in [7, 11) is -2.12. The van der Waals surface area contributed by atoms with Crippen LogP contribution in [0.3, 0.4) is 0 Å². The second-order valence-electron chi connectivity index (χ2n) is 14.2. The van der Waals surface area contributed by atoms with E-state index in [1.54, 1.807) is 25.7 Å². The molecule has 0 aromatic heterocycles. The Morgan fingerprint density at radius 2 is 1.45 bits per heavy atom. The van der Waals surface area contributed by atoms with E-state index >= 15 is 0 Å². The summed E-state index contributed by atoms with van der Waals surface area (Å²) in [5.74, 6) is -0.353. The van der Waals surface area contributed by atoms with Crippen LogP contribution in [0.1, 0.15) is 68.7 Å². The van der Waals surface area contributed by atoms with Crippen LogP contribution in [0.5, 0.6) is 0 Å². The average molecular weight is 640 g/mol. The third-order valence-corrected chi connectivity index (χ3v) is 14.5. The first kappa shape index (κ1) is 32.5. The molecule has 0 radical (unpaired) electrons. The Kier molecular flexibility index (Phi) is 9.51. The van der Waals surface area contributed by atoms with Crippen molar-refractivity contribution in [2.75, 3.05) is 13.1 Å². The number of ether oxygens (including phenoxy) is 2. The molecule has 2 aliphatic rings. The Balaban J connectivity index is 2.00. The zero-order chi connectivity index (χ0) is 30.3. The fraction of sp³-hybridized carbons (Fsp3) is 0.667. The van der Waals surface area contributed by atoms with E-state index in [1.165, 1.54) is 4.90 Å². The molecule has 1 saturated heterocycles. The van der Waals surface area contributed by atoms with E-state index in [9.17, 15) is 14.7 Å². The quantitative estimate of drug-likeness (QED) is 0.397. The summed E-state index contributed by atoms with van der Waals surface area (Å²) in [5.41, 5.74) is -1.37. The number of likely N-dealkylation sites (tertiary alicyclic amines) is 1. The third kappa shape index (κ3) is 8.05. The number of nitrogens with zero attached hydrogens (tertiary/aromatic N) is 2. The molecule has 0 spiro atoms. The Morgan fingerprint density at radius 1 is 0.900 bits per heavy atom.